The molecule has 0 aliphatic carbocycles. The lowest BCUT2D eigenvalue weighted by atomic mass is 10.1. The third kappa shape index (κ3) is 4.20. The molecule has 1 aromatic rings. The number of benzene rings is 1. The number of aryl methyl sites for hydroxylation is 2. The van der Waals surface area contributed by atoms with Crippen LogP contribution in [0.1, 0.15) is 24.5 Å². The van der Waals surface area contributed by atoms with Crippen molar-refractivity contribution in [3.63, 3.8) is 0 Å². The second-order valence-electron chi connectivity index (χ2n) is 4.85. The lowest BCUT2D eigenvalue weighted by Gasteiger charge is -2.16. The molecule has 0 heterocycles. The summed E-state index contributed by atoms with van der Waals surface area (Å²) in [5, 5.41) is 2.63. The number of hydrogen-bond donors (Lipinski definition) is 1. The molecule has 0 fully saturated rings. The van der Waals surface area contributed by atoms with Gasteiger partial charge in [0.15, 0.2) is 9.84 Å². The van der Waals surface area contributed by atoms with E-state index in [4.69, 9.17) is 0 Å². The molecule has 4 nitrogen and oxygen atoms in total. The zero-order valence-electron chi connectivity index (χ0n) is 12.1. The maximum Gasteiger partial charge on any atom is 0.243 e. The summed E-state index contributed by atoms with van der Waals surface area (Å²) in [6.45, 7) is 9.02. The van der Waals surface area contributed by atoms with Crippen LogP contribution in [0.3, 0.4) is 0 Å². The van der Waals surface area contributed by atoms with Crippen LogP contribution in [0, 0.1) is 13.8 Å². The van der Waals surface area contributed by atoms with Gasteiger partial charge in [0.05, 0.1) is 10.6 Å². The fourth-order valence-electron chi connectivity index (χ4n) is 1.79. The first kappa shape index (κ1) is 16.4. The third-order valence-corrected chi connectivity index (χ3v) is 5.10. The van der Waals surface area contributed by atoms with Gasteiger partial charge < -0.3 is 5.32 Å². The first-order chi connectivity index (χ1) is 9.30. The van der Waals surface area contributed by atoms with Crippen molar-refractivity contribution in [2.24, 2.45) is 0 Å². The summed E-state index contributed by atoms with van der Waals surface area (Å²) in [6.07, 6.45) is 1.69. The molecule has 20 heavy (non-hydrogen) atoms. The van der Waals surface area contributed by atoms with E-state index >= 15 is 0 Å². The maximum atomic E-state index is 12.4. The van der Waals surface area contributed by atoms with Crippen LogP contribution in [0.15, 0.2) is 35.7 Å². The van der Waals surface area contributed by atoms with Crippen LogP contribution in [-0.2, 0) is 14.6 Å². The van der Waals surface area contributed by atoms with Crippen molar-refractivity contribution in [2.75, 3.05) is 5.75 Å². The van der Waals surface area contributed by atoms with E-state index in [1.807, 2.05) is 20.8 Å². The lowest BCUT2D eigenvalue weighted by molar-refractivity contribution is -0.117. The predicted molar refractivity (Wildman–Crippen MR) is 80.4 cm³/mol. The van der Waals surface area contributed by atoms with Crippen LogP contribution < -0.4 is 5.32 Å². The number of carbonyl (C=O) groups is 1. The van der Waals surface area contributed by atoms with Crippen LogP contribution in [-0.4, -0.2) is 26.1 Å². The van der Waals surface area contributed by atoms with E-state index in [2.05, 4.69) is 11.9 Å². The van der Waals surface area contributed by atoms with Gasteiger partial charge in [0.2, 0.25) is 5.91 Å². The highest BCUT2D eigenvalue weighted by atomic mass is 32.2. The Balaban J connectivity index is 2.95. The van der Waals surface area contributed by atoms with Crippen molar-refractivity contribution in [1.29, 1.82) is 0 Å². The molecule has 0 aliphatic heterocycles. The summed E-state index contributed by atoms with van der Waals surface area (Å²) >= 11 is 0. The molecule has 0 aliphatic rings. The zero-order valence-corrected chi connectivity index (χ0v) is 13.0. The first-order valence-electron chi connectivity index (χ1n) is 6.53. The van der Waals surface area contributed by atoms with E-state index in [0.717, 1.165) is 17.2 Å². The molecule has 0 aromatic heterocycles. The van der Waals surface area contributed by atoms with E-state index in [9.17, 15) is 13.2 Å². The Morgan fingerprint density at radius 2 is 2.00 bits per heavy atom. The SMILES string of the molecule is C=CC(=O)N[C@H](CC)CS(=O)(=O)c1ccc(C)c(C)c1. The monoisotopic (exact) mass is 295 g/mol. The zero-order chi connectivity index (χ0) is 15.3. The van der Waals surface area contributed by atoms with Gasteiger partial charge in [-0.2, -0.15) is 0 Å². The van der Waals surface area contributed by atoms with Gasteiger partial charge >= 0.3 is 0 Å². The van der Waals surface area contributed by atoms with Gasteiger partial charge in [-0.25, -0.2) is 8.42 Å². The fraction of sp³-hybridized carbons (Fsp3) is 0.400. The Kier molecular flexibility index (Phi) is 5.51. The Hall–Kier alpha value is -1.62. The van der Waals surface area contributed by atoms with E-state index in [1.165, 1.54) is 0 Å². The molecule has 1 N–H and O–H groups in total. The first-order valence-corrected chi connectivity index (χ1v) is 8.18. The molecule has 110 valence electrons. The van der Waals surface area contributed by atoms with Crippen LogP contribution in [0.2, 0.25) is 0 Å². The Morgan fingerprint density at radius 1 is 1.35 bits per heavy atom. The predicted octanol–water partition coefficient (Wildman–Crippen LogP) is 2.16. The van der Waals surface area contributed by atoms with Crippen molar-refractivity contribution in [2.45, 2.75) is 38.1 Å². The number of sulfone groups is 1. The highest BCUT2D eigenvalue weighted by Gasteiger charge is 2.21. The summed E-state index contributed by atoms with van der Waals surface area (Å²) in [4.78, 5) is 11.6. The second-order valence-corrected chi connectivity index (χ2v) is 6.88. The van der Waals surface area contributed by atoms with Gasteiger partial charge in [-0.1, -0.05) is 19.6 Å². The van der Waals surface area contributed by atoms with Crippen LogP contribution in [0.25, 0.3) is 0 Å². The van der Waals surface area contributed by atoms with Crippen LogP contribution >= 0.6 is 0 Å². The highest BCUT2D eigenvalue weighted by molar-refractivity contribution is 7.91. The lowest BCUT2D eigenvalue weighted by Crippen LogP contribution is -2.38. The number of carbonyl (C=O) groups excluding carboxylic acids is 1. The van der Waals surface area contributed by atoms with Gasteiger partial charge in [0.1, 0.15) is 0 Å². The summed E-state index contributed by atoms with van der Waals surface area (Å²) in [5.41, 5.74) is 1.99. The molecule has 0 saturated carbocycles. The summed E-state index contributed by atoms with van der Waals surface area (Å²) in [7, 11) is -3.41. The minimum atomic E-state index is -3.41. The standard InChI is InChI=1S/C15H21NO3S/c1-5-13(16-15(17)6-2)10-20(18,19)14-8-7-11(3)12(4)9-14/h6-9,13H,2,5,10H2,1,3-4H3,(H,16,17)/t13-/m1/s1. The second kappa shape index (κ2) is 6.70. The Bertz CT molecular complexity index is 606. The average Bonchev–Trinajstić information content (AvgIpc) is 2.40. The fourth-order valence-corrected chi connectivity index (χ4v) is 3.46. The molecule has 5 heteroatoms. The Labute approximate surface area is 120 Å². The normalized spacial score (nSPS) is 12.8. The van der Waals surface area contributed by atoms with Crippen LogP contribution in [0.5, 0.6) is 0 Å². The quantitative estimate of drug-likeness (QED) is 0.818. The summed E-state index contributed by atoms with van der Waals surface area (Å²) in [5.74, 6) is -0.460. The van der Waals surface area contributed by atoms with Gasteiger partial charge in [-0.05, 0) is 49.6 Å². The molecule has 0 bridgehead atoms. The third-order valence-electron chi connectivity index (χ3n) is 3.28. The molecule has 0 unspecified atom stereocenters. The smallest absolute Gasteiger partial charge is 0.243 e. The Morgan fingerprint density at radius 3 is 2.50 bits per heavy atom. The minimum absolute atomic E-state index is 0.106. The van der Waals surface area contributed by atoms with Crippen molar-refractivity contribution in [3.05, 3.63) is 42.0 Å². The number of hydrogen-bond acceptors (Lipinski definition) is 3. The van der Waals surface area contributed by atoms with Gasteiger partial charge in [-0.3, -0.25) is 4.79 Å². The van der Waals surface area contributed by atoms with Crippen LogP contribution in [0.4, 0.5) is 0 Å². The average molecular weight is 295 g/mol. The summed E-state index contributed by atoms with van der Waals surface area (Å²) in [6, 6.07) is 4.67. The molecular formula is C15H21NO3S. The van der Waals surface area contributed by atoms with Crippen molar-refractivity contribution in [1.82, 2.24) is 5.32 Å². The summed E-state index contributed by atoms with van der Waals surface area (Å²) < 4.78 is 24.7. The number of rotatable bonds is 6. The molecule has 1 amide bonds. The molecule has 0 saturated heterocycles. The van der Waals surface area contributed by atoms with Gasteiger partial charge in [0, 0.05) is 6.04 Å². The molecule has 1 aromatic carbocycles. The maximum absolute atomic E-state index is 12.4. The molecular weight excluding hydrogens is 274 g/mol. The van der Waals surface area contributed by atoms with E-state index < -0.39 is 15.9 Å². The molecule has 0 radical (unpaired) electrons. The van der Waals surface area contributed by atoms with Crippen molar-refractivity contribution >= 4 is 15.7 Å². The van der Waals surface area contributed by atoms with Gasteiger partial charge in [-0.15, -0.1) is 0 Å². The number of nitrogens with one attached hydrogen (secondary N) is 1. The molecule has 1 atom stereocenters. The molecule has 1 rings (SSSR count). The van der Waals surface area contributed by atoms with E-state index in [-0.39, 0.29) is 11.7 Å². The van der Waals surface area contributed by atoms with Crippen molar-refractivity contribution < 1.29 is 13.2 Å². The van der Waals surface area contributed by atoms with Crippen molar-refractivity contribution in [3.8, 4) is 0 Å². The molecule has 0 spiro atoms. The number of amides is 1. The van der Waals surface area contributed by atoms with Gasteiger partial charge in [0.25, 0.3) is 0 Å². The largest absolute Gasteiger partial charge is 0.349 e. The van der Waals surface area contributed by atoms with E-state index in [0.29, 0.717) is 11.3 Å². The topological polar surface area (TPSA) is 63.2 Å². The highest BCUT2D eigenvalue weighted by Crippen LogP contribution is 2.17. The van der Waals surface area contributed by atoms with E-state index in [1.54, 1.807) is 18.2 Å². The minimum Gasteiger partial charge on any atom is -0.349 e.